The van der Waals surface area contributed by atoms with Crippen LogP contribution in [0.4, 0.5) is 11.4 Å². The number of hydrogen-bond acceptors (Lipinski definition) is 6. The topological polar surface area (TPSA) is 99.0 Å². The maximum Gasteiger partial charge on any atom is 0.328 e. The first kappa shape index (κ1) is 17.7. The van der Waals surface area contributed by atoms with Crippen LogP contribution in [-0.2, 0) is 14.3 Å². The predicted molar refractivity (Wildman–Crippen MR) is 85.9 cm³/mol. The predicted octanol–water partition coefficient (Wildman–Crippen LogP) is 2.30. The van der Waals surface area contributed by atoms with Gasteiger partial charge in [-0.05, 0) is 18.4 Å². The van der Waals surface area contributed by atoms with Gasteiger partial charge in [-0.3, -0.25) is 19.8 Å². The fourth-order valence-electron chi connectivity index (χ4n) is 2.69. The number of non-ortho nitro benzene ring substituents is 1. The molecule has 1 heterocycles. The summed E-state index contributed by atoms with van der Waals surface area (Å²) < 4.78 is 10.5. The highest BCUT2D eigenvalue weighted by atomic mass is 16.6. The smallest absolute Gasteiger partial charge is 0.328 e. The van der Waals surface area contributed by atoms with Crippen molar-refractivity contribution in [2.24, 2.45) is 5.92 Å². The van der Waals surface area contributed by atoms with Crippen molar-refractivity contribution in [3.8, 4) is 5.75 Å². The van der Waals surface area contributed by atoms with Crippen LogP contribution in [0.1, 0.15) is 27.2 Å². The number of carbonyl (C=O) groups is 2. The Kier molecular flexibility index (Phi) is 5.06. The molecular weight excluding hydrogens is 316 g/mol. The van der Waals surface area contributed by atoms with Crippen molar-refractivity contribution >= 4 is 23.3 Å². The van der Waals surface area contributed by atoms with E-state index in [1.165, 1.54) is 30.2 Å². The first-order valence-electron chi connectivity index (χ1n) is 7.67. The van der Waals surface area contributed by atoms with Gasteiger partial charge in [0.05, 0.1) is 23.8 Å². The normalized spacial score (nSPS) is 18.0. The summed E-state index contributed by atoms with van der Waals surface area (Å²) in [6.07, 6.45) is -0.474. The van der Waals surface area contributed by atoms with Crippen LogP contribution in [0, 0.1) is 16.0 Å². The molecular formula is C16H20N2O6. The molecule has 0 N–H and O–H groups in total. The van der Waals surface area contributed by atoms with E-state index in [-0.39, 0.29) is 23.3 Å². The molecule has 8 nitrogen and oxygen atoms in total. The van der Waals surface area contributed by atoms with Crippen LogP contribution in [0.3, 0.4) is 0 Å². The molecule has 0 saturated heterocycles. The van der Waals surface area contributed by atoms with Gasteiger partial charge in [0.25, 0.3) is 11.6 Å². The highest BCUT2D eigenvalue weighted by molar-refractivity contribution is 6.04. The Labute approximate surface area is 139 Å². The molecule has 1 aromatic carbocycles. The van der Waals surface area contributed by atoms with Gasteiger partial charge in [-0.2, -0.15) is 0 Å². The molecule has 0 radical (unpaired) electrons. The molecule has 0 spiro atoms. The molecule has 130 valence electrons. The maximum absolute atomic E-state index is 12.8. The minimum absolute atomic E-state index is 0.142. The van der Waals surface area contributed by atoms with Crippen molar-refractivity contribution in [1.29, 1.82) is 0 Å². The van der Waals surface area contributed by atoms with Gasteiger partial charge in [0.1, 0.15) is 6.04 Å². The number of nitrogens with zero attached hydrogens (tertiary/aromatic N) is 2. The van der Waals surface area contributed by atoms with E-state index < -0.39 is 23.0 Å². The Morgan fingerprint density at radius 2 is 2.12 bits per heavy atom. The number of esters is 1. The van der Waals surface area contributed by atoms with Gasteiger partial charge in [-0.15, -0.1) is 0 Å². The third-order valence-electron chi connectivity index (χ3n) is 3.93. The van der Waals surface area contributed by atoms with Crippen molar-refractivity contribution in [2.45, 2.75) is 39.3 Å². The average molecular weight is 336 g/mol. The Bertz CT molecular complexity index is 673. The minimum Gasteiger partial charge on any atom is -0.478 e. The molecule has 2 atom stereocenters. The number of nitro benzene ring substituents is 1. The molecule has 2 unspecified atom stereocenters. The molecule has 0 aromatic heterocycles. The van der Waals surface area contributed by atoms with Gasteiger partial charge in [0.2, 0.25) is 0 Å². The van der Waals surface area contributed by atoms with Gasteiger partial charge in [0.15, 0.2) is 11.9 Å². The van der Waals surface area contributed by atoms with Crippen LogP contribution in [0.2, 0.25) is 0 Å². The lowest BCUT2D eigenvalue weighted by Crippen LogP contribution is -2.55. The molecule has 0 saturated carbocycles. The van der Waals surface area contributed by atoms with Crippen LogP contribution in [0.15, 0.2) is 18.2 Å². The molecule has 24 heavy (non-hydrogen) atoms. The molecule has 8 heteroatoms. The molecule has 0 bridgehead atoms. The molecule has 1 aliphatic heterocycles. The van der Waals surface area contributed by atoms with Crippen LogP contribution in [0.5, 0.6) is 5.75 Å². The van der Waals surface area contributed by atoms with E-state index in [9.17, 15) is 19.7 Å². The first-order valence-corrected chi connectivity index (χ1v) is 7.67. The van der Waals surface area contributed by atoms with Crippen LogP contribution in [-0.4, -0.2) is 36.1 Å². The lowest BCUT2D eigenvalue weighted by Gasteiger charge is -2.38. The zero-order valence-corrected chi connectivity index (χ0v) is 14.0. The number of rotatable bonds is 5. The second-order valence-electron chi connectivity index (χ2n) is 5.85. The molecule has 0 fully saturated rings. The Balaban J connectivity index is 2.58. The lowest BCUT2D eigenvalue weighted by atomic mass is 10.0. The number of fused-ring (bicyclic) bond motifs is 1. The Morgan fingerprint density at radius 1 is 1.46 bits per heavy atom. The van der Waals surface area contributed by atoms with E-state index in [1.807, 2.05) is 13.8 Å². The quantitative estimate of drug-likeness (QED) is 0.465. The highest BCUT2D eigenvalue weighted by Gasteiger charge is 2.42. The summed E-state index contributed by atoms with van der Waals surface area (Å²) in [7, 11) is 1.26. The summed E-state index contributed by atoms with van der Waals surface area (Å²) in [6.45, 7) is 5.38. The van der Waals surface area contributed by atoms with E-state index in [2.05, 4.69) is 0 Å². The molecule has 1 aromatic rings. The van der Waals surface area contributed by atoms with Crippen LogP contribution < -0.4 is 9.64 Å². The Hall–Kier alpha value is -2.64. The van der Waals surface area contributed by atoms with Gasteiger partial charge in [-0.25, -0.2) is 4.79 Å². The fraction of sp³-hybridized carbons (Fsp3) is 0.500. The van der Waals surface area contributed by atoms with Crippen molar-refractivity contribution in [3.05, 3.63) is 28.3 Å². The van der Waals surface area contributed by atoms with Crippen LogP contribution in [0.25, 0.3) is 0 Å². The maximum atomic E-state index is 12.8. The molecule has 1 aliphatic rings. The fourth-order valence-corrected chi connectivity index (χ4v) is 2.69. The van der Waals surface area contributed by atoms with E-state index in [0.717, 1.165) is 0 Å². The van der Waals surface area contributed by atoms with Gasteiger partial charge >= 0.3 is 5.97 Å². The third-order valence-corrected chi connectivity index (χ3v) is 3.93. The van der Waals surface area contributed by atoms with E-state index >= 15 is 0 Å². The minimum atomic E-state index is -0.821. The van der Waals surface area contributed by atoms with E-state index in [1.54, 1.807) is 6.92 Å². The molecule has 1 amide bonds. The molecule has 2 rings (SSSR count). The number of hydrogen-bond donors (Lipinski definition) is 0. The second kappa shape index (κ2) is 6.86. The van der Waals surface area contributed by atoms with E-state index in [4.69, 9.17) is 9.47 Å². The van der Waals surface area contributed by atoms with Crippen molar-refractivity contribution in [3.63, 3.8) is 0 Å². The monoisotopic (exact) mass is 336 g/mol. The summed E-state index contributed by atoms with van der Waals surface area (Å²) in [4.78, 5) is 36.7. The zero-order chi connectivity index (χ0) is 18.0. The van der Waals surface area contributed by atoms with Crippen LogP contribution >= 0.6 is 0 Å². The molecule has 0 aliphatic carbocycles. The third kappa shape index (κ3) is 3.04. The number of ether oxygens (including phenoxy) is 2. The number of amides is 1. The summed E-state index contributed by atoms with van der Waals surface area (Å²) in [5.41, 5.74) is 0.191. The van der Waals surface area contributed by atoms with Gasteiger partial charge < -0.3 is 9.47 Å². The Morgan fingerprint density at radius 3 is 2.62 bits per heavy atom. The first-order chi connectivity index (χ1) is 11.3. The zero-order valence-electron chi connectivity index (χ0n) is 14.0. The number of benzene rings is 1. The summed E-state index contributed by atoms with van der Waals surface area (Å²) in [5.74, 6) is -0.851. The van der Waals surface area contributed by atoms with Gasteiger partial charge in [0, 0.05) is 6.07 Å². The summed E-state index contributed by atoms with van der Waals surface area (Å²) in [6, 6.07) is 3.16. The lowest BCUT2D eigenvalue weighted by molar-refractivity contribution is -0.384. The highest BCUT2D eigenvalue weighted by Crippen LogP contribution is 2.39. The number of methoxy groups -OCH3 is 1. The van der Waals surface area contributed by atoms with Crippen molar-refractivity contribution in [2.75, 3.05) is 12.0 Å². The van der Waals surface area contributed by atoms with Crippen molar-refractivity contribution < 1.29 is 24.0 Å². The van der Waals surface area contributed by atoms with Gasteiger partial charge in [-0.1, -0.05) is 20.8 Å². The summed E-state index contributed by atoms with van der Waals surface area (Å²) >= 11 is 0. The average Bonchev–Trinajstić information content (AvgIpc) is 2.55. The standard InChI is InChI=1S/C16H20N2O6/c1-5-11(16(20)23-4)17-12-7-6-10(18(21)22)8-13(12)24-14(9(2)3)15(17)19/h6-9,11,14H,5H2,1-4H3. The second-order valence-corrected chi connectivity index (χ2v) is 5.85. The summed E-state index contributed by atoms with van der Waals surface area (Å²) in [5, 5.41) is 11.0. The van der Waals surface area contributed by atoms with Crippen molar-refractivity contribution in [1.82, 2.24) is 0 Å². The number of nitro groups is 1. The largest absolute Gasteiger partial charge is 0.478 e. The number of carbonyl (C=O) groups excluding carboxylic acids is 2. The number of anilines is 1. The van der Waals surface area contributed by atoms with E-state index in [0.29, 0.717) is 12.1 Å². The SMILES string of the molecule is CCC(C(=O)OC)N1C(=O)C(C(C)C)Oc2cc([N+](=O)[O-])ccc21.